The summed E-state index contributed by atoms with van der Waals surface area (Å²) in [6.45, 7) is 3.81. The van der Waals surface area contributed by atoms with E-state index in [1.807, 2.05) is 12.1 Å². The van der Waals surface area contributed by atoms with Gasteiger partial charge in [-0.25, -0.2) is 24.6 Å². The van der Waals surface area contributed by atoms with Crippen LogP contribution in [0.2, 0.25) is 5.02 Å². The highest BCUT2D eigenvalue weighted by Gasteiger charge is 2.19. The fraction of sp³-hybridized carbons (Fsp3) is 0.350. The third-order valence-corrected chi connectivity index (χ3v) is 6.32. The van der Waals surface area contributed by atoms with Gasteiger partial charge in [0.15, 0.2) is 5.82 Å². The van der Waals surface area contributed by atoms with Crippen molar-refractivity contribution in [3.8, 4) is 0 Å². The molecule has 4 heterocycles. The predicted octanol–water partition coefficient (Wildman–Crippen LogP) is 2.04. The van der Waals surface area contributed by atoms with Crippen LogP contribution in [0, 0.1) is 0 Å². The van der Waals surface area contributed by atoms with Crippen molar-refractivity contribution in [3.05, 3.63) is 51.2 Å². The van der Waals surface area contributed by atoms with Gasteiger partial charge in [-0.2, -0.15) is 0 Å². The summed E-state index contributed by atoms with van der Waals surface area (Å²) in [5.41, 5.74) is 3.07. The maximum atomic E-state index is 13.4. The Labute approximate surface area is 187 Å². The summed E-state index contributed by atoms with van der Waals surface area (Å²) in [5.74, 6) is 1.47. The van der Waals surface area contributed by atoms with E-state index in [1.54, 1.807) is 22.6 Å². The number of thiazole rings is 1. The van der Waals surface area contributed by atoms with Crippen LogP contribution in [-0.4, -0.2) is 57.3 Å². The molecule has 1 fully saturated rings. The van der Waals surface area contributed by atoms with Gasteiger partial charge in [0.25, 0.3) is 5.56 Å². The van der Waals surface area contributed by atoms with Crippen molar-refractivity contribution >= 4 is 50.0 Å². The summed E-state index contributed by atoms with van der Waals surface area (Å²) in [6.07, 6.45) is 2.96. The molecule has 11 heteroatoms. The third-order valence-electron chi connectivity index (χ3n) is 5.27. The minimum Gasteiger partial charge on any atom is -0.368 e. The van der Waals surface area contributed by atoms with Crippen molar-refractivity contribution in [1.82, 2.24) is 29.9 Å². The molecule has 4 aromatic rings. The van der Waals surface area contributed by atoms with Gasteiger partial charge in [0.2, 0.25) is 0 Å². The van der Waals surface area contributed by atoms with Crippen LogP contribution >= 0.6 is 22.9 Å². The van der Waals surface area contributed by atoms with Crippen molar-refractivity contribution in [2.75, 3.05) is 43.0 Å². The Morgan fingerprint density at radius 3 is 2.94 bits per heavy atom. The minimum absolute atomic E-state index is 0.111. The Bertz CT molecular complexity index is 1280. The number of hydrogen-bond donors (Lipinski definition) is 2. The van der Waals surface area contributed by atoms with Crippen molar-refractivity contribution in [1.29, 1.82) is 0 Å². The van der Waals surface area contributed by atoms with E-state index in [-0.39, 0.29) is 5.56 Å². The van der Waals surface area contributed by atoms with Crippen molar-refractivity contribution in [3.63, 3.8) is 0 Å². The predicted molar refractivity (Wildman–Crippen MR) is 124 cm³/mol. The Morgan fingerprint density at radius 2 is 2.06 bits per heavy atom. The number of fused-ring (bicyclic) bond motifs is 2. The number of aromatic nitrogens is 5. The summed E-state index contributed by atoms with van der Waals surface area (Å²) < 4.78 is 1.72. The van der Waals surface area contributed by atoms with E-state index in [4.69, 9.17) is 16.6 Å². The normalized spacial score (nSPS) is 14.4. The molecule has 0 radical (unpaired) electrons. The first-order chi connectivity index (χ1) is 15.2. The molecular formula is C20H21ClN8OS. The summed E-state index contributed by atoms with van der Waals surface area (Å²) in [6, 6.07) is 5.40. The summed E-state index contributed by atoms with van der Waals surface area (Å²) >= 11 is 7.83. The molecule has 9 nitrogen and oxygen atoms in total. The molecule has 1 aliphatic heterocycles. The molecule has 0 saturated carbocycles. The molecule has 3 aromatic heterocycles. The molecular weight excluding hydrogens is 436 g/mol. The molecule has 5 rings (SSSR count). The van der Waals surface area contributed by atoms with Gasteiger partial charge in [-0.15, -0.1) is 11.3 Å². The molecule has 1 aromatic carbocycles. The number of nitrogens with zero attached hydrogens (tertiary/aromatic N) is 6. The Kier molecular flexibility index (Phi) is 5.66. The number of aryl methyl sites for hydroxylation is 1. The second-order valence-corrected chi connectivity index (χ2v) is 8.48. The zero-order valence-corrected chi connectivity index (χ0v) is 18.3. The van der Waals surface area contributed by atoms with Gasteiger partial charge < -0.3 is 15.6 Å². The van der Waals surface area contributed by atoms with Crippen LogP contribution in [0.5, 0.6) is 0 Å². The Morgan fingerprint density at radius 1 is 1.19 bits per heavy atom. The van der Waals surface area contributed by atoms with Crippen molar-refractivity contribution in [2.24, 2.45) is 0 Å². The molecule has 31 heavy (non-hydrogen) atoms. The SMILES string of the molecule is O=c1c2c(Cl)cccc2nc(CCCNc2ncnc3scnc23)n1N1CCNCC1. The van der Waals surface area contributed by atoms with E-state index in [2.05, 4.69) is 30.6 Å². The molecule has 0 spiro atoms. The lowest BCUT2D eigenvalue weighted by molar-refractivity contribution is 0.465. The fourth-order valence-electron chi connectivity index (χ4n) is 3.81. The minimum atomic E-state index is -0.111. The number of hydrogen-bond acceptors (Lipinski definition) is 9. The van der Waals surface area contributed by atoms with Gasteiger partial charge in [-0.05, 0) is 18.6 Å². The first kappa shape index (κ1) is 20.1. The van der Waals surface area contributed by atoms with Gasteiger partial charge in [0, 0.05) is 39.1 Å². The van der Waals surface area contributed by atoms with Crippen LogP contribution in [0.4, 0.5) is 5.82 Å². The molecule has 0 aliphatic carbocycles. The number of nitrogens with one attached hydrogen (secondary N) is 2. The zero-order chi connectivity index (χ0) is 21.2. The fourth-order valence-corrected chi connectivity index (χ4v) is 4.69. The molecule has 1 saturated heterocycles. The first-order valence-electron chi connectivity index (χ1n) is 10.2. The highest BCUT2D eigenvalue weighted by atomic mass is 35.5. The lowest BCUT2D eigenvalue weighted by atomic mass is 10.2. The van der Waals surface area contributed by atoms with Gasteiger partial charge in [0.1, 0.15) is 22.5 Å². The van der Waals surface area contributed by atoms with Crippen LogP contribution in [0.3, 0.4) is 0 Å². The van der Waals surface area contributed by atoms with E-state index >= 15 is 0 Å². The van der Waals surface area contributed by atoms with Crippen LogP contribution in [0.15, 0.2) is 34.8 Å². The van der Waals surface area contributed by atoms with E-state index in [9.17, 15) is 4.79 Å². The number of halogens is 1. The van der Waals surface area contributed by atoms with Crippen LogP contribution < -0.4 is 21.2 Å². The van der Waals surface area contributed by atoms with Crippen LogP contribution in [-0.2, 0) is 6.42 Å². The lowest BCUT2D eigenvalue weighted by Crippen LogP contribution is -2.54. The summed E-state index contributed by atoms with van der Waals surface area (Å²) in [7, 11) is 0. The van der Waals surface area contributed by atoms with Gasteiger partial charge >= 0.3 is 0 Å². The monoisotopic (exact) mass is 456 g/mol. The maximum Gasteiger partial charge on any atom is 0.281 e. The largest absolute Gasteiger partial charge is 0.368 e. The molecule has 1 aliphatic rings. The average Bonchev–Trinajstić information content (AvgIpc) is 3.27. The Balaban J connectivity index is 1.40. The van der Waals surface area contributed by atoms with Gasteiger partial charge in [-0.3, -0.25) is 4.79 Å². The highest BCUT2D eigenvalue weighted by molar-refractivity contribution is 7.16. The van der Waals surface area contributed by atoms with Crippen molar-refractivity contribution < 1.29 is 0 Å². The lowest BCUT2D eigenvalue weighted by Gasteiger charge is -2.32. The molecule has 0 amide bonds. The number of benzene rings is 1. The molecule has 160 valence electrons. The van der Waals surface area contributed by atoms with Gasteiger partial charge in [-0.1, -0.05) is 17.7 Å². The molecule has 0 unspecified atom stereocenters. The second-order valence-electron chi connectivity index (χ2n) is 7.24. The number of anilines is 1. The highest BCUT2D eigenvalue weighted by Crippen LogP contribution is 2.21. The summed E-state index contributed by atoms with van der Waals surface area (Å²) in [4.78, 5) is 31.9. The summed E-state index contributed by atoms with van der Waals surface area (Å²) in [5, 5.41) is 9.62. The zero-order valence-electron chi connectivity index (χ0n) is 16.7. The van der Waals surface area contributed by atoms with E-state index < -0.39 is 0 Å². The van der Waals surface area contributed by atoms with Gasteiger partial charge in [0.05, 0.1) is 21.4 Å². The van der Waals surface area contributed by atoms with Crippen LogP contribution in [0.25, 0.3) is 21.3 Å². The number of piperazine rings is 1. The van der Waals surface area contributed by atoms with E-state index in [1.165, 1.54) is 11.3 Å². The average molecular weight is 457 g/mol. The topological polar surface area (TPSA) is 101 Å². The van der Waals surface area contributed by atoms with E-state index in [0.717, 1.165) is 54.6 Å². The quantitative estimate of drug-likeness (QED) is 0.425. The van der Waals surface area contributed by atoms with Crippen LogP contribution in [0.1, 0.15) is 12.2 Å². The maximum absolute atomic E-state index is 13.4. The van der Waals surface area contributed by atoms with E-state index in [0.29, 0.717) is 28.9 Å². The number of rotatable bonds is 6. The Hall–Kier alpha value is -2.82. The standard InChI is InChI=1S/C20H21ClN8OS/c21-13-3-1-4-14-16(13)20(30)29(28-9-7-22-8-10-28)15(27-14)5-2-6-23-18-17-19(25-11-24-18)31-12-26-17/h1,3-4,11-12,22H,2,5-10H2,(H,23,24,25). The smallest absolute Gasteiger partial charge is 0.281 e. The first-order valence-corrected chi connectivity index (χ1v) is 11.4. The van der Waals surface area contributed by atoms with Crippen molar-refractivity contribution in [2.45, 2.75) is 12.8 Å². The third kappa shape index (κ3) is 3.93. The molecule has 0 bridgehead atoms. The molecule has 0 atom stereocenters. The molecule has 2 N–H and O–H groups in total. The second kappa shape index (κ2) is 8.74.